The van der Waals surface area contributed by atoms with E-state index in [1.807, 2.05) is 0 Å². The van der Waals surface area contributed by atoms with Crippen LogP contribution >= 0.6 is 0 Å². The molecule has 0 bridgehead atoms. The summed E-state index contributed by atoms with van der Waals surface area (Å²) in [6.07, 6.45) is 0.448. The van der Waals surface area contributed by atoms with Crippen LogP contribution in [0, 0.1) is 0 Å². The Hall–Kier alpha value is -1.76. The van der Waals surface area contributed by atoms with Crippen LogP contribution in [-0.4, -0.2) is 36.5 Å². The van der Waals surface area contributed by atoms with Crippen LogP contribution in [0.15, 0.2) is 18.2 Å². The molecule has 1 aliphatic heterocycles. The van der Waals surface area contributed by atoms with Crippen LogP contribution in [0.5, 0.6) is 0 Å². The highest BCUT2D eigenvalue weighted by molar-refractivity contribution is 7.91. The Morgan fingerprint density at radius 1 is 1.47 bits per heavy atom. The van der Waals surface area contributed by atoms with E-state index < -0.39 is 21.3 Å². The summed E-state index contributed by atoms with van der Waals surface area (Å²) in [6, 6.07) is 4.43. The highest BCUT2D eigenvalue weighted by atomic mass is 32.2. The van der Waals surface area contributed by atoms with Crippen LogP contribution in [-0.2, 0) is 9.84 Å². The maximum Gasteiger partial charge on any atom is 0.337 e. The molecule has 1 atom stereocenters. The lowest BCUT2D eigenvalue weighted by atomic mass is 10.0. The van der Waals surface area contributed by atoms with Gasteiger partial charge in [0.25, 0.3) is 0 Å². The smallest absolute Gasteiger partial charge is 0.337 e. The van der Waals surface area contributed by atoms with E-state index in [1.165, 1.54) is 18.2 Å². The molecular formula is C12H16N2O4S. The summed E-state index contributed by atoms with van der Waals surface area (Å²) >= 11 is 0. The molecule has 6 nitrogen and oxygen atoms in total. The molecule has 2 rings (SSSR count). The number of carboxylic acids is 1. The molecule has 0 saturated carbocycles. The maximum atomic E-state index is 11.5. The van der Waals surface area contributed by atoms with Crippen molar-refractivity contribution in [2.75, 3.05) is 22.6 Å². The molecule has 1 fully saturated rings. The van der Waals surface area contributed by atoms with Crippen molar-refractivity contribution in [2.24, 2.45) is 0 Å². The molecule has 1 aromatic carbocycles. The highest BCUT2D eigenvalue weighted by Gasteiger charge is 2.38. The molecule has 1 heterocycles. The van der Waals surface area contributed by atoms with Gasteiger partial charge >= 0.3 is 5.97 Å². The number of nitrogens with two attached hydrogens (primary N) is 1. The summed E-state index contributed by atoms with van der Waals surface area (Å²) in [4.78, 5) is 11.1. The average Bonchev–Trinajstić information content (AvgIpc) is 2.52. The maximum absolute atomic E-state index is 11.5. The number of benzene rings is 1. The van der Waals surface area contributed by atoms with E-state index in [0.29, 0.717) is 17.8 Å². The molecule has 0 amide bonds. The molecule has 1 unspecified atom stereocenters. The van der Waals surface area contributed by atoms with Gasteiger partial charge in [-0.15, -0.1) is 0 Å². The zero-order valence-electron chi connectivity index (χ0n) is 10.5. The Bertz CT molecular complexity index is 627. The molecule has 1 saturated heterocycles. The van der Waals surface area contributed by atoms with Crippen molar-refractivity contribution in [3.05, 3.63) is 23.8 Å². The number of rotatable bonds is 3. The van der Waals surface area contributed by atoms with Crippen molar-refractivity contribution in [1.29, 1.82) is 0 Å². The Morgan fingerprint density at radius 2 is 2.16 bits per heavy atom. The van der Waals surface area contributed by atoms with Gasteiger partial charge in [0.2, 0.25) is 0 Å². The Kier molecular flexibility index (Phi) is 3.17. The summed E-state index contributed by atoms with van der Waals surface area (Å²) < 4.78 is 23.1. The second-order valence-corrected chi connectivity index (χ2v) is 7.32. The van der Waals surface area contributed by atoms with Gasteiger partial charge in [-0.05, 0) is 31.5 Å². The molecule has 0 spiro atoms. The van der Waals surface area contributed by atoms with Crippen molar-refractivity contribution in [2.45, 2.75) is 18.9 Å². The quantitative estimate of drug-likeness (QED) is 0.713. The zero-order chi connectivity index (χ0) is 14.3. The summed E-state index contributed by atoms with van der Waals surface area (Å²) in [5.74, 6) is -0.971. The average molecular weight is 284 g/mol. The monoisotopic (exact) mass is 284 g/mol. The predicted molar refractivity (Wildman–Crippen MR) is 73.1 cm³/mol. The molecule has 1 aromatic rings. The number of anilines is 2. The van der Waals surface area contributed by atoms with Crippen molar-refractivity contribution in [3.63, 3.8) is 0 Å². The number of aromatic carboxylic acids is 1. The van der Waals surface area contributed by atoms with Crippen LogP contribution < -0.4 is 11.1 Å². The van der Waals surface area contributed by atoms with Crippen LogP contribution in [0.2, 0.25) is 0 Å². The second kappa shape index (κ2) is 4.41. The third kappa shape index (κ3) is 2.98. The van der Waals surface area contributed by atoms with E-state index >= 15 is 0 Å². The fourth-order valence-corrected chi connectivity index (χ4v) is 4.38. The lowest BCUT2D eigenvalue weighted by molar-refractivity contribution is 0.0698. The van der Waals surface area contributed by atoms with Crippen LogP contribution in [0.3, 0.4) is 0 Å². The Balaban J connectivity index is 2.33. The Morgan fingerprint density at radius 3 is 2.68 bits per heavy atom. The van der Waals surface area contributed by atoms with Crippen LogP contribution in [0.1, 0.15) is 23.7 Å². The van der Waals surface area contributed by atoms with Crippen molar-refractivity contribution in [3.8, 4) is 0 Å². The van der Waals surface area contributed by atoms with Crippen LogP contribution in [0.4, 0.5) is 11.4 Å². The lowest BCUT2D eigenvalue weighted by Crippen LogP contribution is -2.36. The number of nitrogens with one attached hydrogen (secondary N) is 1. The molecule has 0 radical (unpaired) electrons. The molecule has 7 heteroatoms. The van der Waals surface area contributed by atoms with Gasteiger partial charge in [-0.1, -0.05) is 0 Å². The van der Waals surface area contributed by atoms with Gasteiger partial charge in [-0.2, -0.15) is 0 Å². The topological polar surface area (TPSA) is 109 Å². The van der Waals surface area contributed by atoms with Gasteiger partial charge in [0.1, 0.15) is 0 Å². The number of hydrogen-bond acceptors (Lipinski definition) is 5. The van der Waals surface area contributed by atoms with Gasteiger partial charge in [0.05, 0.1) is 22.8 Å². The second-order valence-electron chi connectivity index (χ2n) is 5.14. The minimum Gasteiger partial charge on any atom is -0.478 e. The van der Waals surface area contributed by atoms with Gasteiger partial charge in [-0.3, -0.25) is 0 Å². The van der Waals surface area contributed by atoms with E-state index in [-0.39, 0.29) is 17.1 Å². The van der Waals surface area contributed by atoms with E-state index in [9.17, 15) is 13.2 Å². The molecule has 0 aromatic heterocycles. The summed E-state index contributed by atoms with van der Waals surface area (Å²) in [6.45, 7) is 1.77. The number of hydrogen-bond donors (Lipinski definition) is 3. The molecule has 19 heavy (non-hydrogen) atoms. The fraction of sp³-hybridized carbons (Fsp3) is 0.417. The minimum absolute atomic E-state index is 0.00609. The van der Waals surface area contributed by atoms with Crippen molar-refractivity contribution >= 4 is 27.2 Å². The highest BCUT2D eigenvalue weighted by Crippen LogP contribution is 2.30. The number of sulfone groups is 1. The lowest BCUT2D eigenvalue weighted by Gasteiger charge is -2.26. The van der Waals surface area contributed by atoms with Crippen LogP contribution in [0.25, 0.3) is 0 Å². The molecule has 104 valence electrons. The molecule has 0 aliphatic carbocycles. The first kappa shape index (κ1) is 13.7. The SMILES string of the molecule is CC1(Nc2cc(N)ccc2C(=O)O)CCS(=O)(=O)C1. The summed E-state index contributed by atoms with van der Waals surface area (Å²) in [5.41, 5.74) is 5.86. The first-order valence-electron chi connectivity index (χ1n) is 5.82. The number of carboxylic acid groups (broad SMARTS) is 1. The number of nitrogen functional groups attached to an aromatic ring is 1. The normalized spacial score (nSPS) is 25.1. The van der Waals surface area contributed by atoms with Crippen molar-refractivity contribution in [1.82, 2.24) is 0 Å². The van der Waals surface area contributed by atoms with Gasteiger partial charge < -0.3 is 16.2 Å². The Labute approximate surface area is 111 Å². The van der Waals surface area contributed by atoms with E-state index in [1.54, 1.807) is 6.92 Å². The first-order valence-corrected chi connectivity index (χ1v) is 7.64. The molecular weight excluding hydrogens is 268 g/mol. The zero-order valence-corrected chi connectivity index (χ0v) is 11.3. The molecule has 1 aliphatic rings. The summed E-state index contributed by atoms with van der Waals surface area (Å²) in [5, 5.41) is 12.1. The van der Waals surface area contributed by atoms with E-state index in [2.05, 4.69) is 5.32 Å². The third-order valence-corrected chi connectivity index (χ3v) is 5.12. The first-order chi connectivity index (χ1) is 8.71. The van der Waals surface area contributed by atoms with Gasteiger partial charge in [0, 0.05) is 11.2 Å². The van der Waals surface area contributed by atoms with E-state index in [0.717, 1.165) is 0 Å². The van der Waals surface area contributed by atoms with Gasteiger partial charge in [-0.25, -0.2) is 13.2 Å². The number of carbonyl (C=O) groups is 1. The minimum atomic E-state index is -3.06. The third-order valence-electron chi connectivity index (χ3n) is 3.21. The van der Waals surface area contributed by atoms with Crippen molar-refractivity contribution < 1.29 is 18.3 Å². The standard InChI is InChI=1S/C12H16N2O4S/c1-12(4-5-19(17,18)7-12)14-10-6-8(13)2-3-9(10)11(15)16/h2-3,6,14H,4-5,7,13H2,1H3,(H,15,16). The van der Waals surface area contributed by atoms with Gasteiger partial charge in [0.15, 0.2) is 9.84 Å². The predicted octanol–water partition coefficient (Wildman–Crippen LogP) is 0.956. The largest absolute Gasteiger partial charge is 0.478 e. The fourth-order valence-electron chi connectivity index (χ4n) is 2.29. The molecule has 4 N–H and O–H groups in total. The summed E-state index contributed by atoms with van der Waals surface area (Å²) in [7, 11) is -3.06. The van der Waals surface area contributed by atoms with E-state index in [4.69, 9.17) is 10.8 Å².